The van der Waals surface area contributed by atoms with Crippen LogP contribution in [0.15, 0.2) is 102 Å². The van der Waals surface area contributed by atoms with Gasteiger partial charge >= 0.3 is 12.1 Å². The number of aromatic nitrogens is 2. The highest BCUT2D eigenvalue weighted by molar-refractivity contribution is 5.93. The number of amides is 1. The molecule has 1 saturated heterocycles. The van der Waals surface area contributed by atoms with Gasteiger partial charge in [-0.25, -0.2) is 14.2 Å². The molecule has 1 aliphatic rings. The van der Waals surface area contributed by atoms with Crippen molar-refractivity contribution in [3.8, 4) is 22.4 Å². The molecule has 6 rings (SSSR count). The Bertz CT molecular complexity index is 1910. The quantitative estimate of drug-likeness (QED) is 0.185. The van der Waals surface area contributed by atoms with Crippen LogP contribution in [0.25, 0.3) is 33.3 Å². The SMILES string of the molecule is O=C(Nc1ccccc1F)[C@@H]1CCN(Cc2ccc(-c3nc4cc[nH]c(=O)c4cc3-c3ccccc3)cc2)C1.O=C(O)C(F)(F)F. The van der Waals surface area contributed by atoms with E-state index in [1.807, 2.05) is 42.5 Å². The maximum Gasteiger partial charge on any atom is 0.490 e. The summed E-state index contributed by atoms with van der Waals surface area (Å²) in [5, 5.41) is 10.4. The van der Waals surface area contributed by atoms with Gasteiger partial charge in [0.25, 0.3) is 5.56 Å². The largest absolute Gasteiger partial charge is 0.490 e. The van der Waals surface area contributed by atoms with Crippen LogP contribution in [-0.4, -0.2) is 51.1 Å². The van der Waals surface area contributed by atoms with E-state index in [2.05, 4.69) is 39.5 Å². The van der Waals surface area contributed by atoms with Gasteiger partial charge in [-0.3, -0.25) is 14.5 Å². The third-order valence-corrected chi connectivity index (χ3v) is 7.49. The highest BCUT2D eigenvalue weighted by Gasteiger charge is 2.38. The number of carbonyl (C=O) groups is 2. The number of carboxylic acid groups (broad SMARTS) is 1. The summed E-state index contributed by atoms with van der Waals surface area (Å²) in [5.74, 6) is -3.51. The van der Waals surface area contributed by atoms with Crippen LogP contribution in [0.3, 0.4) is 0 Å². The summed E-state index contributed by atoms with van der Waals surface area (Å²) in [7, 11) is 0. The summed E-state index contributed by atoms with van der Waals surface area (Å²) in [4.78, 5) is 43.9. The molecule has 3 heterocycles. The molecule has 236 valence electrons. The van der Waals surface area contributed by atoms with Gasteiger partial charge in [0, 0.05) is 30.4 Å². The lowest BCUT2D eigenvalue weighted by atomic mass is 9.97. The number of alkyl halides is 3. The number of benzene rings is 3. The van der Waals surface area contributed by atoms with E-state index in [4.69, 9.17) is 14.9 Å². The molecule has 0 saturated carbocycles. The number of anilines is 1. The Hall–Kier alpha value is -5.36. The van der Waals surface area contributed by atoms with Crippen molar-refractivity contribution in [2.45, 2.75) is 19.1 Å². The summed E-state index contributed by atoms with van der Waals surface area (Å²) < 4.78 is 45.7. The minimum atomic E-state index is -5.08. The fraction of sp³-hybridized carbons (Fsp3) is 0.176. The first-order chi connectivity index (χ1) is 22.0. The predicted molar refractivity (Wildman–Crippen MR) is 165 cm³/mol. The molecule has 0 bridgehead atoms. The molecule has 3 N–H and O–H groups in total. The van der Waals surface area contributed by atoms with Crippen molar-refractivity contribution in [2.24, 2.45) is 5.92 Å². The first-order valence-corrected chi connectivity index (χ1v) is 14.2. The van der Waals surface area contributed by atoms with Crippen LogP contribution in [0.4, 0.5) is 23.2 Å². The Kier molecular flexibility index (Phi) is 9.57. The highest BCUT2D eigenvalue weighted by Crippen LogP contribution is 2.33. The molecule has 46 heavy (non-hydrogen) atoms. The Morgan fingerprint density at radius 2 is 1.63 bits per heavy atom. The number of hydrogen-bond donors (Lipinski definition) is 3. The topological polar surface area (TPSA) is 115 Å². The van der Waals surface area contributed by atoms with Gasteiger partial charge in [-0.05, 0) is 48.4 Å². The molecule has 1 amide bonds. The van der Waals surface area contributed by atoms with Crippen molar-refractivity contribution in [3.05, 3.63) is 119 Å². The van der Waals surface area contributed by atoms with E-state index in [-0.39, 0.29) is 23.1 Å². The Morgan fingerprint density at radius 1 is 0.957 bits per heavy atom. The molecule has 0 unspecified atom stereocenters. The fourth-order valence-corrected chi connectivity index (χ4v) is 5.18. The number of fused-ring (bicyclic) bond motifs is 1. The van der Waals surface area contributed by atoms with Gasteiger partial charge in [0.05, 0.1) is 28.2 Å². The summed E-state index contributed by atoms with van der Waals surface area (Å²) in [6.07, 6.45) is -2.73. The third kappa shape index (κ3) is 7.64. The maximum atomic E-state index is 13.9. The van der Waals surface area contributed by atoms with Gasteiger partial charge in [-0.15, -0.1) is 0 Å². The number of rotatable bonds is 6. The molecule has 0 spiro atoms. The number of aromatic amines is 1. The van der Waals surface area contributed by atoms with E-state index in [1.54, 1.807) is 24.4 Å². The standard InChI is InChI=1S/C32H27FN4O2.C2HF3O2/c33-27-8-4-5-9-29(27)36-31(38)24-15-17-37(20-24)19-21-10-12-23(13-11-21)30-25(22-6-2-1-3-7-22)18-26-28(35-30)14-16-34-32(26)39;3-2(4,5)1(6)7/h1-14,16,18,24H,15,17,19-20H2,(H,34,39)(H,36,38);(H,6,7)/t24-;/m1./s1. The first kappa shape index (κ1) is 32.0. The number of carboxylic acids is 1. The number of para-hydroxylation sites is 1. The van der Waals surface area contributed by atoms with Crippen LogP contribution in [-0.2, 0) is 16.1 Å². The second-order valence-corrected chi connectivity index (χ2v) is 10.7. The molecule has 8 nitrogen and oxygen atoms in total. The zero-order chi connectivity index (χ0) is 32.8. The molecule has 0 aliphatic carbocycles. The Labute approximate surface area is 260 Å². The molecule has 3 aromatic carbocycles. The Morgan fingerprint density at radius 3 is 2.30 bits per heavy atom. The zero-order valence-corrected chi connectivity index (χ0v) is 24.2. The number of carbonyl (C=O) groups excluding carboxylic acids is 1. The van der Waals surface area contributed by atoms with Gasteiger partial charge in [-0.1, -0.05) is 66.7 Å². The van der Waals surface area contributed by atoms with Crippen molar-refractivity contribution in [1.29, 1.82) is 0 Å². The van der Waals surface area contributed by atoms with Crippen molar-refractivity contribution < 1.29 is 32.3 Å². The monoisotopic (exact) mass is 632 g/mol. The van der Waals surface area contributed by atoms with Crippen molar-refractivity contribution in [3.63, 3.8) is 0 Å². The highest BCUT2D eigenvalue weighted by atomic mass is 19.4. The van der Waals surface area contributed by atoms with Crippen LogP contribution < -0.4 is 10.9 Å². The van der Waals surface area contributed by atoms with Gasteiger partial charge in [0.1, 0.15) is 5.82 Å². The lowest BCUT2D eigenvalue weighted by molar-refractivity contribution is -0.192. The third-order valence-electron chi connectivity index (χ3n) is 7.49. The van der Waals surface area contributed by atoms with Crippen LogP contribution in [0.2, 0.25) is 0 Å². The van der Waals surface area contributed by atoms with Gasteiger partial charge in [0.15, 0.2) is 0 Å². The molecular weight excluding hydrogens is 604 g/mol. The number of H-pyrrole nitrogens is 1. The lowest BCUT2D eigenvalue weighted by Gasteiger charge is -2.17. The number of nitrogens with one attached hydrogen (secondary N) is 2. The Balaban J connectivity index is 0.000000537. The normalized spacial score (nSPS) is 14.8. The van der Waals surface area contributed by atoms with Gasteiger partial charge in [0.2, 0.25) is 5.91 Å². The van der Waals surface area contributed by atoms with Crippen LogP contribution in [0, 0.1) is 11.7 Å². The summed E-state index contributed by atoms with van der Waals surface area (Å²) in [5.41, 5.74) is 5.51. The van der Waals surface area contributed by atoms with Crippen molar-refractivity contribution >= 4 is 28.5 Å². The molecule has 1 aliphatic heterocycles. The summed E-state index contributed by atoms with van der Waals surface area (Å²) >= 11 is 0. The van der Waals surface area contributed by atoms with Gasteiger partial charge < -0.3 is 15.4 Å². The molecule has 0 radical (unpaired) electrons. The van der Waals surface area contributed by atoms with E-state index in [0.29, 0.717) is 17.4 Å². The number of hydrogen-bond acceptors (Lipinski definition) is 5. The number of nitrogens with zero attached hydrogens (tertiary/aromatic N) is 2. The number of pyridine rings is 2. The predicted octanol–water partition coefficient (Wildman–Crippen LogP) is 6.49. The van der Waals surface area contributed by atoms with Crippen LogP contribution in [0.1, 0.15) is 12.0 Å². The number of halogens is 4. The molecular formula is C34H28F4N4O4. The molecule has 1 atom stereocenters. The maximum absolute atomic E-state index is 13.9. The second-order valence-electron chi connectivity index (χ2n) is 10.7. The second kappa shape index (κ2) is 13.7. The lowest BCUT2D eigenvalue weighted by Crippen LogP contribution is -2.27. The van der Waals surface area contributed by atoms with E-state index in [0.717, 1.165) is 47.5 Å². The summed E-state index contributed by atoms with van der Waals surface area (Å²) in [6.45, 7) is 2.15. The summed E-state index contributed by atoms with van der Waals surface area (Å²) in [6, 6.07) is 28.2. The molecule has 1 fully saturated rings. The zero-order valence-electron chi connectivity index (χ0n) is 24.2. The van der Waals surface area contributed by atoms with E-state index >= 15 is 0 Å². The van der Waals surface area contributed by atoms with Crippen LogP contribution in [0.5, 0.6) is 0 Å². The fourth-order valence-electron chi connectivity index (χ4n) is 5.18. The minimum absolute atomic E-state index is 0.146. The molecule has 2 aromatic heterocycles. The van der Waals surface area contributed by atoms with Crippen LogP contribution >= 0.6 is 0 Å². The average molecular weight is 633 g/mol. The minimum Gasteiger partial charge on any atom is -0.475 e. The number of aliphatic carboxylic acids is 1. The van der Waals surface area contributed by atoms with E-state index in [9.17, 15) is 27.2 Å². The van der Waals surface area contributed by atoms with Crippen molar-refractivity contribution in [2.75, 3.05) is 18.4 Å². The van der Waals surface area contributed by atoms with Crippen molar-refractivity contribution in [1.82, 2.24) is 14.9 Å². The first-order valence-electron chi connectivity index (χ1n) is 14.2. The van der Waals surface area contributed by atoms with E-state index < -0.39 is 18.0 Å². The smallest absolute Gasteiger partial charge is 0.475 e. The van der Waals surface area contributed by atoms with E-state index in [1.165, 1.54) is 6.07 Å². The molecule has 5 aromatic rings. The number of likely N-dealkylation sites (tertiary alicyclic amines) is 1. The average Bonchev–Trinajstić information content (AvgIpc) is 3.51. The molecule has 12 heteroatoms. The van der Waals surface area contributed by atoms with Gasteiger partial charge in [-0.2, -0.15) is 13.2 Å².